The summed E-state index contributed by atoms with van der Waals surface area (Å²) >= 11 is 0. The summed E-state index contributed by atoms with van der Waals surface area (Å²) in [6.07, 6.45) is 4.26. The van der Waals surface area contributed by atoms with E-state index in [-0.39, 0.29) is 0 Å². The van der Waals surface area contributed by atoms with Crippen molar-refractivity contribution in [1.82, 2.24) is 10.2 Å². The van der Waals surface area contributed by atoms with E-state index in [9.17, 15) is 0 Å². The number of nitrogens with zero attached hydrogens (tertiary/aromatic N) is 1. The van der Waals surface area contributed by atoms with E-state index in [0.717, 1.165) is 18.4 Å². The molecule has 1 aromatic carbocycles. The molecule has 1 N–H and O–H groups in total. The molecule has 2 atom stereocenters. The van der Waals surface area contributed by atoms with E-state index in [0.29, 0.717) is 6.04 Å². The van der Waals surface area contributed by atoms with Crippen molar-refractivity contribution in [2.24, 2.45) is 11.8 Å². The van der Waals surface area contributed by atoms with Crippen LogP contribution in [0.1, 0.15) is 31.7 Å². The van der Waals surface area contributed by atoms with Crippen molar-refractivity contribution in [3.8, 4) is 0 Å². The van der Waals surface area contributed by atoms with Crippen LogP contribution in [0.5, 0.6) is 0 Å². The lowest BCUT2D eigenvalue weighted by Gasteiger charge is -2.37. The van der Waals surface area contributed by atoms with Crippen LogP contribution in [0.15, 0.2) is 30.3 Å². The van der Waals surface area contributed by atoms with Crippen molar-refractivity contribution in [2.45, 2.75) is 38.8 Å². The molecular weight excluding hydrogens is 232 g/mol. The maximum atomic E-state index is 3.75. The molecule has 2 heteroatoms. The molecule has 0 aromatic heterocycles. The highest BCUT2D eigenvalue weighted by Crippen LogP contribution is 2.31. The van der Waals surface area contributed by atoms with Gasteiger partial charge < -0.3 is 10.2 Å². The third-order valence-electron chi connectivity index (χ3n) is 4.39. The molecule has 3 rings (SSSR count). The van der Waals surface area contributed by atoms with Gasteiger partial charge in [0.05, 0.1) is 0 Å². The van der Waals surface area contributed by atoms with Crippen LogP contribution in [0.4, 0.5) is 0 Å². The first-order valence-electron chi connectivity index (χ1n) is 7.79. The second-order valence-electron chi connectivity index (χ2n) is 6.57. The molecule has 2 fully saturated rings. The molecule has 2 aliphatic rings. The Labute approximate surface area is 117 Å². The fraction of sp³-hybridized carbons (Fsp3) is 0.647. The Morgan fingerprint density at radius 1 is 1.16 bits per heavy atom. The van der Waals surface area contributed by atoms with Gasteiger partial charge in [0.15, 0.2) is 0 Å². The van der Waals surface area contributed by atoms with E-state index < -0.39 is 0 Å². The Hall–Kier alpha value is -0.860. The molecule has 2 unspecified atom stereocenters. The fourth-order valence-electron chi connectivity index (χ4n) is 3.28. The van der Waals surface area contributed by atoms with Gasteiger partial charge in [0.25, 0.3) is 0 Å². The SMILES string of the molecule is CC1CC(NCc2ccccc2)CN(CC2CC2)C1. The molecule has 1 aliphatic heterocycles. The molecule has 1 saturated heterocycles. The first-order chi connectivity index (χ1) is 9.29. The Balaban J connectivity index is 1.49. The lowest BCUT2D eigenvalue weighted by molar-refractivity contribution is 0.143. The molecule has 0 amide bonds. The monoisotopic (exact) mass is 258 g/mol. The summed E-state index contributed by atoms with van der Waals surface area (Å²) in [6.45, 7) is 7.30. The van der Waals surface area contributed by atoms with Gasteiger partial charge >= 0.3 is 0 Å². The van der Waals surface area contributed by atoms with Crippen molar-refractivity contribution < 1.29 is 0 Å². The van der Waals surface area contributed by atoms with Crippen LogP contribution in [-0.2, 0) is 6.54 Å². The summed E-state index contributed by atoms with van der Waals surface area (Å²) in [5.74, 6) is 1.85. The largest absolute Gasteiger partial charge is 0.309 e. The van der Waals surface area contributed by atoms with Gasteiger partial charge in [-0.3, -0.25) is 0 Å². The lowest BCUT2D eigenvalue weighted by atomic mass is 9.95. The lowest BCUT2D eigenvalue weighted by Crippen LogP contribution is -2.48. The summed E-state index contributed by atoms with van der Waals surface area (Å²) in [5, 5.41) is 3.75. The van der Waals surface area contributed by atoms with E-state index >= 15 is 0 Å². The quantitative estimate of drug-likeness (QED) is 0.873. The van der Waals surface area contributed by atoms with Gasteiger partial charge in [-0.25, -0.2) is 0 Å². The van der Waals surface area contributed by atoms with Crippen LogP contribution >= 0.6 is 0 Å². The summed E-state index contributed by atoms with van der Waals surface area (Å²) in [6, 6.07) is 11.4. The van der Waals surface area contributed by atoms with Crippen molar-refractivity contribution in [2.75, 3.05) is 19.6 Å². The van der Waals surface area contributed by atoms with Crippen molar-refractivity contribution >= 4 is 0 Å². The number of hydrogen-bond donors (Lipinski definition) is 1. The van der Waals surface area contributed by atoms with Gasteiger partial charge in [-0.2, -0.15) is 0 Å². The first kappa shape index (κ1) is 13.1. The average molecular weight is 258 g/mol. The van der Waals surface area contributed by atoms with Gasteiger partial charge in [0, 0.05) is 32.2 Å². The third-order valence-corrected chi connectivity index (χ3v) is 4.39. The van der Waals surface area contributed by atoms with Gasteiger partial charge in [-0.1, -0.05) is 37.3 Å². The third kappa shape index (κ3) is 4.05. The van der Waals surface area contributed by atoms with E-state index in [4.69, 9.17) is 0 Å². The van der Waals surface area contributed by atoms with Crippen molar-refractivity contribution in [1.29, 1.82) is 0 Å². The number of piperidine rings is 1. The van der Waals surface area contributed by atoms with Crippen LogP contribution < -0.4 is 5.32 Å². The number of hydrogen-bond acceptors (Lipinski definition) is 2. The highest BCUT2D eigenvalue weighted by molar-refractivity contribution is 5.14. The molecule has 1 aromatic rings. The molecule has 0 radical (unpaired) electrons. The Morgan fingerprint density at radius 2 is 1.95 bits per heavy atom. The number of benzene rings is 1. The maximum Gasteiger partial charge on any atom is 0.0208 e. The molecule has 1 saturated carbocycles. The second-order valence-corrected chi connectivity index (χ2v) is 6.57. The minimum atomic E-state index is 0.669. The highest BCUT2D eigenvalue weighted by atomic mass is 15.2. The van der Waals surface area contributed by atoms with Gasteiger partial charge in [0.2, 0.25) is 0 Å². The zero-order valence-corrected chi connectivity index (χ0v) is 12.0. The highest BCUT2D eigenvalue weighted by Gasteiger charge is 2.29. The molecule has 2 nitrogen and oxygen atoms in total. The van der Waals surface area contributed by atoms with E-state index in [1.807, 2.05) is 0 Å². The van der Waals surface area contributed by atoms with Crippen LogP contribution in [0, 0.1) is 11.8 Å². The zero-order chi connectivity index (χ0) is 13.1. The molecule has 104 valence electrons. The predicted molar refractivity (Wildman–Crippen MR) is 80.0 cm³/mol. The van der Waals surface area contributed by atoms with Crippen molar-refractivity contribution in [3.63, 3.8) is 0 Å². The van der Waals surface area contributed by atoms with Crippen LogP contribution in [0.3, 0.4) is 0 Å². The van der Waals surface area contributed by atoms with E-state index in [2.05, 4.69) is 47.5 Å². The molecule has 1 aliphatic carbocycles. The minimum absolute atomic E-state index is 0.669. The standard InChI is InChI=1S/C17H26N2/c1-14-9-17(13-19(11-14)12-16-7-8-16)18-10-15-5-3-2-4-6-15/h2-6,14,16-18H,7-13H2,1H3. The molecule has 19 heavy (non-hydrogen) atoms. The first-order valence-corrected chi connectivity index (χ1v) is 7.79. The maximum absolute atomic E-state index is 3.75. The van der Waals surface area contributed by atoms with E-state index in [1.54, 1.807) is 0 Å². The molecular formula is C17H26N2. The normalized spacial score (nSPS) is 28.5. The second kappa shape index (κ2) is 6.06. The smallest absolute Gasteiger partial charge is 0.0208 e. The van der Waals surface area contributed by atoms with Gasteiger partial charge in [-0.05, 0) is 36.7 Å². The Bertz CT molecular complexity index is 384. The fourth-order valence-corrected chi connectivity index (χ4v) is 3.28. The minimum Gasteiger partial charge on any atom is -0.309 e. The molecule has 1 heterocycles. The number of nitrogens with one attached hydrogen (secondary N) is 1. The summed E-state index contributed by atoms with van der Waals surface area (Å²) < 4.78 is 0. The van der Waals surface area contributed by atoms with Crippen LogP contribution in [0.2, 0.25) is 0 Å². The molecule has 0 spiro atoms. The van der Waals surface area contributed by atoms with Crippen molar-refractivity contribution in [3.05, 3.63) is 35.9 Å². The summed E-state index contributed by atoms with van der Waals surface area (Å²) in [4.78, 5) is 2.69. The average Bonchev–Trinajstić information content (AvgIpc) is 3.21. The zero-order valence-electron chi connectivity index (χ0n) is 12.0. The van der Waals surface area contributed by atoms with Crippen LogP contribution in [0.25, 0.3) is 0 Å². The Kier molecular flexibility index (Phi) is 4.19. The Morgan fingerprint density at radius 3 is 2.68 bits per heavy atom. The van der Waals surface area contributed by atoms with E-state index in [1.165, 1.54) is 44.5 Å². The number of rotatable bonds is 5. The predicted octanol–water partition coefficient (Wildman–Crippen LogP) is 2.90. The molecule has 0 bridgehead atoms. The van der Waals surface area contributed by atoms with Gasteiger partial charge in [-0.15, -0.1) is 0 Å². The van der Waals surface area contributed by atoms with Gasteiger partial charge in [0.1, 0.15) is 0 Å². The number of likely N-dealkylation sites (tertiary alicyclic amines) is 1. The summed E-state index contributed by atoms with van der Waals surface area (Å²) in [7, 11) is 0. The summed E-state index contributed by atoms with van der Waals surface area (Å²) in [5.41, 5.74) is 1.40. The topological polar surface area (TPSA) is 15.3 Å². The van der Waals surface area contributed by atoms with Crippen LogP contribution in [-0.4, -0.2) is 30.6 Å².